The zero-order valence-electron chi connectivity index (χ0n) is 23.6. The fourth-order valence-electron chi connectivity index (χ4n) is 4.82. The molecule has 0 bridgehead atoms. The lowest BCUT2D eigenvalue weighted by atomic mass is 9.79. The maximum absolute atomic E-state index is 12.8. The molecule has 0 spiro atoms. The van der Waals surface area contributed by atoms with Crippen LogP contribution in [0.4, 0.5) is 0 Å². The first kappa shape index (κ1) is 28.8. The molecule has 2 heterocycles. The van der Waals surface area contributed by atoms with Crippen LogP contribution < -0.4 is 0 Å². The Balaban J connectivity index is 1.67. The van der Waals surface area contributed by atoms with Crippen molar-refractivity contribution in [3.8, 4) is 0 Å². The maximum atomic E-state index is 12.8. The number of hydrogen-bond acceptors (Lipinski definition) is 7. The summed E-state index contributed by atoms with van der Waals surface area (Å²) in [5.74, 6) is 0.633. The minimum atomic E-state index is -0.438. The Bertz CT molecular complexity index is 749. The van der Waals surface area contributed by atoms with E-state index in [-0.39, 0.29) is 61.8 Å². The van der Waals surface area contributed by atoms with Gasteiger partial charge in [0, 0.05) is 39.8 Å². The number of amides is 1. The molecule has 0 N–H and O–H groups in total. The van der Waals surface area contributed by atoms with E-state index < -0.39 is 6.29 Å². The van der Waals surface area contributed by atoms with Gasteiger partial charge in [-0.25, -0.2) is 6.57 Å². The molecule has 36 heavy (non-hydrogen) atoms. The second-order valence-electron chi connectivity index (χ2n) is 10.1. The summed E-state index contributed by atoms with van der Waals surface area (Å²) in [7, 11) is 0. The first-order valence-electron chi connectivity index (χ1n) is 14.0. The predicted octanol–water partition coefficient (Wildman–Crippen LogP) is 4.05. The molecule has 2 aliphatic heterocycles. The smallest absolute Gasteiger partial charge is 0.302 e. The number of likely N-dealkylation sites (tertiary alicyclic amines) is 1. The number of nitrogens with zero attached hydrogens (tertiary/aromatic N) is 2. The van der Waals surface area contributed by atoms with Crippen molar-refractivity contribution in [3.05, 3.63) is 11.4 Å². The number of hydrogen-bond donors (Lipinski definition) is 0. The molecule has 206 valence electrons. The highest BCUT2D eigenvalue weighted by Crippen LogP contribution is 2.35. The average molecular weight is 512 g/mol. The van der Waals surface area contributed by atoms with E-state index in [9.17, 15) is 9.59 Å². The van der Waals surface area contributed by atoms with Gasteiger partial charge >= 0.3 is 5.97 Å². The van der Waals surface area contributed by atoms with E-state index in [2.05, 4.69) is 25.6 Å². The molecule has 3 unspecified atom stereocenters. The number of carbonyl (C=O) groups is 2. The van der Waals surface area contributed by atoms with Gasteiger partial charge < -0.3 is 33.4 Å². The van der Waals surface area contributed by atoms with Crippen LogP contribution >= 0.6 is 0 Å². The van der Waals surface area contributed by atoms with Crippen LogP contribution in [0.15, 0.2) is 0 Å². The topological polar surface area (TPSA) is 87.9 Å². The molecule has 0 aliphatic carbocycles. The highest BCUT2D eigenvalue weighted by molar-refractivity contribution is 5.76. The molecule has 0 aromatic heterocycles. The van der Waals surface area contributed by atoms with Crippen LogP contribution in [0.2, 0.25) is 0 Å². The van der Waals surface area contributed by atoms with Gasteiger partial charge in [-0.05, 0) is 44.9 Å². The summed E-state index contributed by atoms with van der Waals surface area (Å²) in [6.45, 7) is 18.5. The summed E-state index contributed by atoms with van der Waals surface area (Å²) in [5.41, 5.74) is 0. The summed E-state index contributed by atoms with van der Waals surface area (Å²) in [5, 5.41) is 0. The average Bonchev–Trinajstić information content (AvgIpc) is 3.27. The van der Waals surface area contributed by atoms with Crippen LogP contribution in [-0.2, 0) is 33.3 Å². The molecule has 0 aromatic rings. The zero-order chi connectivity index (χ0) is 27.4. The first-order valence-corrected chi connectivity index (χ1v) is 13.3. The summed E-state index contributed by atoms with van der Waals surface area (Å²) in [6, 6.07) is -0.134. The van der Waals surface area contributed by atoms with Crippen molar-refractivity contribution in [1.82, 2.24) is 4.90 Å². The zero-order valence-corrected chi connectivity index (χ0v) is 22.6. The lowest BCUT2D eigenvalue weighted by Crippen LogP contribution is -2.47. The Morgan fingerprint density at radius 3 is 2.64 bits per heavy atom. The van der Waals surface area contributed by atoms with E-state index >= 15 is 0 Å². The van der Waals surface area contributed by atoms with E-state index in [1.54, 1.807) is 11.8 Å². The van der Waals surface area contributed by atoms with Crippen molar-refractivity contribution >= 4 is 11.9 Å². The first-order chi connectivity index (χ1) is 17.7. The molecule has 2 aliphatic rings. The highest BCUT2D eigenvalue weighted by Gasteiger charge is 2.40. The molecule has 9 nitrogen and oxygen atoms in total. The van der Waals surface area contributed by atoms with Gasteiger partial charge in [-0.15, -0.1) is 0 Å². The molecule has 1 amide bonds. The maximum Gasteiger partial charge on any atom is 0.302 e. The van der Waals surface area contributed by atoms with Crippen LogP contribution in [0, 0.1) is 24.3 Å². The van der Waals surface area contributed by atoms with Crippen molar-refractivity contribution in [2.45, 2.75) is 104 Å². The number of ether oxygens (including phenoxy) is 5. The predicted molar refractivity (Wildman–Crippen MR) is 135 cm³/mol. The van der Waals surface area contributed by atoms with Crippen LogP contribution in [-0.4, -0.2) is 80.5 Å². The molecule has 2 saturated heterocycles. The van der Waals surface area contributed by atoms with E-state index in [1.165, 1.54) is 6.92 Å². The van der Waals surface area contributed by atoms with E-state index in [0.29, 0.717) is 45.1 Å². The Morgan fingerprint density at radius 2 is 1.94 bits per heavy atom. The Hall–Kier alpha value is -1.73. The van der Waals surface area contributed by atoms with Crippen molar-refractivity contribution < 1.29 is 34.6 Å². The summed E-state index contributed by atoms with van der Waals surface area (Å²) < 4.78 is 36.5. The molecular formula is C27H46N2O7. The SMILES string of the molecule is [2H]C[C@@H]1C[C@@H](OC(C)OCC[N+]#[C-])CN1C(=O)CCCCCO[C@@H]1OC(COC(C)=O)[C@H](C)[C@H](C)C1C. The second kappa shape index (κ2) is 15.5. The highest BCUT2D eigenvalue weighted by atomic mass is 16.7. The third-order valence-corrected chi connectivity index (χ3v) is 7.39. The molecule has 2 fully saturated rings. The number of carbonyl (C=O) groups excluding carboxylic acids is 2. The van der Waals surface area contributed by atoms with Gasteiger partial charge in [0.1, 0.15) is 13.2 Å². The molecule has 8 atom stereocenters. The van der Waals surface area contributed by atoms with Gasteiger partial charge in [-0.2, -0.15) is 0 Å². The minimum absolute atomic E-state index is 0.0613. The van der Waals surface area contributed by atoms with Crippen LogP contribution in [0.1, 0.15) is 75.0 Å². The largest absolute Gasteiger partial charge is 0.463 e. The van der Waals surface area contributed by atoms with Crippen LogP contribution in [0.3, 0.4) is 0 Å². The molecule has 9 heteroatoms. The van der Waals surface area contributed by atoms with Gasteiger partial charge in [0.2, 0.25) is 12.5 Å². The Morgan fingerprint density at radius 1 is 1.17 bits per heavy atom. The molecule has 2 rings (SSSR count). The summed E-state index contributed by atoms with van der Waals surface area (Å²) >= 11 is 0. The number of esters is 1. The van der Waals surface area contributed by atoms with Gasteiger partial charge in [-0.1, -0.05) is 27.2 Å². The van der Waals surface area contributed by atoms with E-state index in [0.717, 1.165) is 19.3 Å². The van der Waals surface area contributed by atoms with Gasteiger partial charge in [0.05, 0.1) is 12.2 Å². The molecule has 0 saturated carbocycles. The van der Waals surface area contributed by atoms with Crippen molar-refractivity contribution in [1.29, 1.82) is 0 Å². The van der Waals surface area contributed by atoms with E-state index in [1.807, 2.05) is 0 Å². The van der Waals surface area contributed by atoms with Gasteiger partial charge in [-0.3, -0.25) is 9.59 Å². The summed E-state index contributed by atoms with van der Waals surface area (Å²) in [4.78, 5) is 29.1. The third kappa shape index (κ3) is 9.62. The summed E-state index contributed by atoms with van der Waals surface area (Å²) in [6.07, 6.45) is 2.42. The lowest BCUT2D eigenvalue weighted by molar-refractivity contribution is -0.255. The van der Waals surface area contributed by atoms with Gasteiger partial charge in [0.25, 0.3) is 0 Å². The van der Waals surface area contributed by atoms with Crippen molar-refractivity contribution in [2.75, 3.05) is 32.9 Å². The monoisotopic (exact) mass is 511 g/mol. The second-order valence-corrected chi connectivity index (χ2v) is 10.1. The Kier molecular flexibility index (Phi) is 12.4. The van der Waals surface area contributed by atoms with Gasteiger partial charge in [0.15, 0.2) is 12.6 Å². The third-order valence-electron chi connectivity index (χ3n) is 7.39. The van der Waals surface area contributed by atoms with Crippen LogP contribution in [0.5, 0.6) is 0 Å². The number of rotatable bonds is 14. The minimum Gasteiger partial charge on any atom is -0.463 e. The molecule has 0 aromatic carbocycles. The standard InChI is InChI=1S/C27H46N2O7/c1-18-15-24(35-23(6)32-14-12-28-7)16-29(18)26(31)11-9-8-10-13-33-27-21(4)19(2)20(3)25(36-27)17-34-22(5)30/h18-21,23-25,27H,8-17H2,1-6H3/t18-,19+,20-,21?,23?,24-,25?,27-/m1/s1/i1D. The van der Waals surface area contributed by atoms with E-state index in [4.69, 9.17) is 31.6 Å². The van der Waals surface area contributed by atoms with Crippen LogP contribution in [0.25, 0.3) is 4.85 Å². The molecule has 0 radical (unpaired) electrons. The normalized spacial score (nSPS) is 31.5. The lowest BCUT2D eigenvalue weighted by Gasteiger charge is -2.43. The van der Waals surface area contributed by atoms with Crippen molar-refractivity contribution in [3.63, 3.8) is 0 Å². The Labute approximate surface area is 218 Å². The quantitative estimate of drug-likeness (QED) is 0.150. The fourth-order valence-corrected chi connectivity index (χ4v) is 4.82. The fraction of sp³-hybridized carbons (Fsp3) is 0.889. The van der Waals surface area contributed by atoms with Crippen molar-refractivity contribution in [2.24, 2.45) is 17.8 Å². The number of unbranched alkanes of at least 4 members (excludes halogenated alkanes) is 2. The molecular weight excluding hydrogens is 464 g/mol.